The number of ether oxygens (including phenoxy) is 1. The summed E-state index contributed by atoms with van der Waals surface area (Å²) in [6, 6.07) is 6.04. The molecule has 0 unspecified atom stereocenters. The Balaban J connectivity index is 2.04. The molecule has 0 aliphatic heterocycles. The molecule has 1 aromatic carbocycles. The molecule has 0 atom stereocenters. The Morgan fingerprint density at radius 1 is 1.24 bits per heavy atom. The first kappa shape index (κ1) is 11.9. The Morgan fingerprint density at radius 3 is 2.71 bits per heavy atom. The molecule has 5 heteroatoms. The molecule has 0 amide bonds. The van der Waals surface area contributed by atoms with Crippen molar-refractivity contribution in [2.75, 3.05) is 0 Å². The van der Waals surface area contributed by atoms with E-state index in [-0.39, 0.29) is 12.5 Å². The molecule has 0 aliphatic rings. The summed E-state index contributed by atoms with van der Waals surface area (Å²) in [4.78, 5) is 0. The van der Waals surface area contributed by atoms with Crippen molar-refractivity contribution in [3.63, 3.8) is 0 Å². The van der Waals surface area contributed by atoms with Crippen molar-refractivity contribution in [1.82, 2.24) is 10.2 Å². The van der Waals surface area contributed by atoms with Crippen molar-refractivity contribution in [2.24, 2.45) is 0 Å². The van der Waals surface area contributed by atoms with Crippen LogP contribution in [0.2, 0.25) is 0 Å². The SMILES string of the molecule is Cc1ccc(C)c(OCc2nnc(CCl)o2)c1. The van der Waals surface area contributed by atoms with Crippen LogP contribution in [0, 0.1) is 13.8 Å². The molecule has 0 fully saturated rings. The highest BCUT2D eigenvalue weighted by atomic mass is 35.5. The molecule has 0 saturated heterocycles. The smallest absolute Gasteiger partial charge is 0.253 e. The number of nitrogens with zero attached hydrogens (tertiary/aromatic N) is 2. The van der Waals surface area contributed by atoms with Crippen molar-refractivity contribution in [1.29, 1.82) is 0 Å². The van der Waals surface area contributed by atoms with Gasteiger partial charge in [0.15, 0.2) is 6.61 Å². The Hall–Kier alpha value is -1.55. The van der Waals surface area contributed by atoms with Gasteiger partial charge >= 0.3 is 0 Å². The van der Waals surface area contributed by atoms with E-state index in [4.69, 9.17) is 20.8 Å². The van der Waals surface area contributed by atoms with Gasteiger partial charge in [-0.3, -0.25) is 0 Å². The molecule has 90 valence electrons. The van der Waals surface area contributed by atoms with Gasteiger partial charge in [0, 0.05) is 0 Å². The Kier molecular flexibility index (Phi) is 3.64. The van der Waals surface area contributed by atoms with Gasteiger partial charge in [-0.1, -0.05) is 12.1 Å². The van der Waals surface area contributed by atoms with Crippen LogP contribution < -0.4 is 4.74 Å². The molecular weight excluding hydrogens is 240 g/mol. The van der Waals surface area contributed by atoms with Gasteiger partial charge in [0.05, 0.1) is 0 Å². The molecule has 0 bridgehead atoms. The predicted molar refractivity (Wildman–Crippen MR) is 64.1 cm³/mol. The van der Waals surface area contributed by atoms with E-state index in [0.29, 0.717) is 11.8 Å². The van der Waals surface area contributed by atoms with Crippen LogP contribution in [0.1, 0.15) is 22.9 Å². The van der Waals surface area contributed by atoms with Crippen LogP contribution in [-0.4, -0.2) is 10.2 Å². The molecule has 0 aliphatic carbocycles. The first-order chi connectivity index (χ1) is 8.19. The van der Waals surface area contributed by atoms with E-state index in [1.807, 2.05) is 32.0 Å². The van der Waals surface area contributed by atoms with Crippen LogP contribution in [0.3, 0.4) is 0 Å². The maximum atomic E-state index is 5.62. The van der Waals surface area contributed by atoms with E-state index in [2.05, 4.69) is 10.2 Å². The molecule has 0 N–H and O–H groups in total. The number of aryl methyl sites for hydroxylation is 2. The van der Waals surface area contributed by atoms with Gasteiger partial charge in [0.2, 0.25) is 5.89 Å². The van der Waals surface area contributed by atoms with E-state index in [1.165, 1.54) is 0 Å². The van der Waals surface area contributed by atoms with Gasteiger partial charge in [-0.15, -0.1) is 21.8 Å². The fourth-order valence-corrected chi connectivity index (χ4v) is 1.51. The van der Waals surface area contributed by atoms with Gasteiger partial charge in [-0.05, 0) is 31.0 Å². The normalized spacial score (nSPS) is 10.5. The molecule has 4 nitrogen and oxygen atoms in total. The van der Waals surface area contributed by atoms with E-state index in [1.54, 1.807) is 0 Å². The minimum atomic E-state index is 0.219. The van der Waals surface area contributed by atoms with Crippen molar-refractivity contribution in [3.05, 3.63) is 41.1 Å². The third-order valence-electron chi connectivity index (χ3n) is 2.32. The molecule has 2 rings (SSSR count). The highest BCUT2D eigenvalue weighted by Crippen LogP contribution is 2.20. The zero-order chi connectivity index (χ0) is 12.3. The zero-order valence-electron chi connectivity index (χ0n) is 9.74. The third-order valence-corrected chi connectivity index (χ3v) is 2.55. The average molecular weight is 253 g/mol. The summed E-state index contributed by atoms with van der Waals surface area (Å²) in [5.41, 5.74) is 2.23. The number of rotatable bonds is 4. The monoisotopic (exact) mass is 252 g/mol. The number of halogens is 1. The highest BCUT2D eigenvalue weighted by molar-refractivity contribution is 6.16. The summed E-state index contributed by atoms with van der Waals surface area (Å²) in [5, 5.41) is 7.59. The quantitative estimate of drug-likeness (QED) is 0.785. The summed E-state index contributed by atoms with van der Waals surface area (Å²) in [6.45, 7) is 4.27. The van der Waals surface area contributed by atoms with Crippen molar-refractivity contribution < 1.29 is 9.15 Å². The fraction of sp³-hybridized carbons (Fsp3) is 0.333. The minimum absolute atomic E-state index is 0.219. The average Bonchev–Trinajstić information content (AvgIpc) is 2.78. The van der Waals surface area contributed by atoms with E-state index >= 15 is 0 Å². The Labute approximate surface area is 105 Å². The molecule has 0 saturated carbocycles. The summed E-state index contributed by atoms with van der Waals surface area (Å²) >= 11 is 5.57. The predicted octanol–water partition coefficient (Wildman–Crippen LogP) is 3.00. The lowest BCUT2D eigenvalue weighted by Crippen LogP contribution is -1.97. The van der Waals surface area contributed by atoms with Gasteiger partial charge < -0.3 is 9.15 Å². The van der Waals surface area contributed by atoms with Gasteiger partial charge in [-0.2, -0.15) is 0 Å². The highest BCUT2D eigenvalue weighted by Gasteiger charge is 2.06. The number of benzene rings is 1. The molecule has 0 spiro atoms. The lowest BCUT2D eigenvalue weighted by atomic mass is 10.1. The summed E-state index contributed by atoms with van der Waals surface area (Å²) in [7, 11) is 0. The Morgan fingerprint density at radius 2 is 2.00 bits per heavy atom. The second-order valence-electron chi connectivity index (χ2n) is 3.78. The van der Waals surface area contributed by atoms with Crippen LogP contribution in [0.15, 0.2) is 22.6 Å². The molecule has 17 heavy (non-hydrogen) atoms. The summed E-state index contributed by atoms with van der Waals surface area (Å²) in [6.07, 6.45) is 0. The van der Waals surface area contributed by atoms with Crippen LogP contribution in [-0.2, 0) is 12.5 Å². The fourth-order valence-electron chi connectivity index (χ4n) is 1.40. The first-order valence-corrected chi connectivity index (χ1v) is 5.80. The third kappa shape index (κ3) is 2.97. The number of aromatic nitrogens is 2. The van der Waals surface area contributed by atoms with Gasteiger partial charge in [0.1, 0.15) is 11.6 Å². The van der Waals surface area contributed by atoms with E-state index < -0.39 is 0 Å². The maximum Gasteiger partial charge on any atom is 0.253 e. The lowest BCUT2D eigenvalue weighted by molar-refractivity contribution is 0.258. The Bertz CT molecular complexity index is 511. The van der Waals surface area contributed by atoms with Gasteiger partial charge in [0.25, 0.3) is 5.89 Å². The molecular formula is C12H13ClN2O2. The van der Waals surface area contributed by atoms with Crippen LogP contribution in [0.5, 0.6) is 5.75 Å². The molecule has 2 aromatic rings. The molecule has 1 heterocycles. The molecule has 0 radical (unpaired) electrons. The largest absolute Gasteiger partial charge is 0.484 e. The van der Waals surface area contributed by atoms with Crippen molar-refractivity contribution in [3.8, 4) is 5.75 Å². The summed E-state index contributed by atoms with van der Waals surface area (Å²) < 4.78 is 10.9. The zero-order valence-corrected chi connectivity index (χ0v) is 10.5. The van der Waals surface area contributed by atoms with E-state index in [9.17, 15) is 0 Å². The number of hydrogen-bond donors (Lipinski definition) is 0. The lowest BCUT2D eigenvalue weighted by Gasteiger charge is -2.07. The molecule has 1 aromatic heterocycles. The number of hydrogen-bond acceptors (Lipinski definition) is 4. The van der Waals surface area contributed by atoms with Crippen LogP contribution >= 0.6 is 11.6 Å². The van der Waals surface area contributed by atoms with Crippen molar-refractivity contribution >= 4 is 11.6 Å². The van der Waals surface area contributed by atoms with Crippen LogP contribution in [0.25, 0.3) is 0 Å². The standard InChI is InChI=1S/C12H13ClN2O2/c1-8-3-4-9(2)10(5-8)16-7-12-15-14-11(6-13)17-12/h3-5H,6-7H2,1-2H3. The maximum absolute atomic E-state index is 5.62. The van der Waals surface area contributed by atoms with Crippen molar-refractivity contribution in [2.45, 2.75) is 26.3 Å². The van der Waals surface area contributed by atoms with Gasteiger partial charge in [-0.25, -0.2) is 0 Å². The van der Waals surface area contributed by atoms with E-state index in [0.717, 1.165) is 16.9 Å². The second-order valence-corrected chi connectivity index (χ2v) is 4.05. The number of alkyl halides is 1. The summed E-state index contributed by atoms with van der Waals surface area (Å²) in [5.74, 6) is 1.89. The minimum Gasteiger partial charge on any atom is -0.484 e. The first-order valence-electron chi connectivity index (χ1n) is 5.26. The topological polar surface area (TPSA) is 48.2 Å². The second kappa shape index (κ2) is 5.19. The van der Waals surface area contributed by atoms with Crippen LogP contribution in [0.4, 0.5) is 0 Å².